The zero-order valence-corrected chi connectivity index (χ0v) is 5.77. The summed E-state index contributed by atoms with van der Waals surface area (Å²) in [5.41, 5.74) is 0. The average Bonchev–Trinajstić information content (AvgIpc) is 1.41. The Hall–Kier alpha value is 0.509. The minimum absolute atomic E-state index is 2.75. The van der Waals surface area contributed by atoms with E-state index in [0.29, 0.717) is 0 Å². The van der Waals surface area contributed by atoms with Gasteiger partial charge in [-0.3, -0.25) is 5.84 Å². The van der Waals surface area contributed by atoms with Gasteiger partial charge < -0.3 is 0 Å². The van der Waals surface area contributed by atoms with Crippen LogP contribution in [0.3, 0.4) is 0 Å². The number of nitrogens with two attached hydrogens (primary N) is 1. The van der Waals surface area contributed by atoms with Crippen LogP contribution in [0.15, 0.2) is 0 Å². The summed E-state index contributed by atoms with van der Waals surface area (Å²) >= 11 is -5.04. The number of hydrogen-bond acceptors (Lipinski definition) is 1. The van der Waals surface area contributed by atoms with E-state index in [1.54, 1.807) is 0 Å². The molecule has 0 amide bonds. The van der Waals surface area contributed by atoms with Gasteiger partial charge in [0.15, 0.2) is 0 Å². The predicted octanol–water partition coefficient (Wildman–Crippen LogP) is -1.02. The van der Waals surface area contributed by atoms with Crippen LogP contribution in [0.25, 0.3) is 0 Å². The van der Waals surface area contributed by atoms with E-state index in [1.807, 2.05) is 0 Å². The minimum atomic E-state index is -5.04. The molecule has 0 atom stereocenters. The molecule has 0 unspecified atom stereocenters. The molecule has 40 valence electrons. The van der Waals surface area contributed by atoms with Crippen LogP contribution in [-0.2, 0) is 0 Å². The average molecular weight is 209 g/mol. The quantitative estimate of drug-likeness (QED) is 0.299. The van der Waals surface area contributed by atoms with Crippen LogP contribution in [-0.4, -0.2) is 21.5 Å². The fraction of sp³-hybridized carbons (Fsp3) is 0. The summed E-state index contributed by atoms with van der Waals surface area (Å²) in [6.07, 6.45) is 0. The Morgan fingerprint density at radius 1 is 1.17 bits per heavy atom. The van der Waals surface area contributed by atoms with Crippen molar-refractivity contribution < 1.29 is 14.4 Å². The molecule has 0 saturated carbocycles. The number of hydrogen-bond donors (Lipinski definition) is 2. The van der Waals surface area contributed by atoms with Gasteiger partial charge >= 0.3 is 30.1 Å². The first-order valence-electron chi connectivity index (χ1n) is 0.975. The SMILES string of the molecule is N[NH3+].[F][Sn-]([F])[F]. The molecule has 6 heavy (non-hydrogen) atoms. The molecule has 0 rings (SSSR count). The molecule has 2 nitrogen and oxygen atoms in total. The molecule has 0 aliphatic carbocycles. The van der Waals surface area contributed by atoms with Crippen LogP contribution in [0.2, 0.25) is 0 Å². The van der Waals surface area contributed by atoms with Crippen molar-refractivity contribution in [2.24, 2.45) is 5.84 Å². The zero-order chi connectivity index (χ0) is 5.58. The van der Waals surface area contributed by atoms with Crippen molar-refractivity contribution in [1.29, 1.82) is 0 Å². The van der Waals surface area contributed by atoms with E-state index in [4.69, 9.17) is 0 Å². The van der Waals surface area contributed by atoms with E-state index in [-0.39, 0.29) is 0 Å². The predicted molar refractivity (Wildman–Crippen MR) is 16.2 cm³/mol. The van der Waals surface area contributed by atoms with Crippen molar-refractivity contribution in [2.45, 2.75) is 0 Å². The molecule has 0 spiro atoms. The topological polar surface area (TPSA) is 53.7 Å². The van der Waals surface area contributed by atoms with E-state index < -0.39 is 21.5 Å². The summed E-state index contributed by atoms with van der Waals surface area (Å²) in [6, 6.07) is 0. The molecule has 0 saturated heterocycles. The van der Waals surface area contributed by atoms with Gasteiger partial charge in [0, 0.05) is 0 Å². The third kappa shape index (κ3) is 214. The Labute approximate surface area is 42.3 Å². The Morgan fingerprint density at radius 3 is 1.17 bits per heavy atom. The summed E-state index contributed by atoms with van der Waals surface area (Å²) in [6.45, 7) is 0. The van der Waals surface area contributed by atoms with Gasteiger partial charge in [-0.25, -0.2) is 0 Å². The van der Waals surface area contributed by atoms with Gasteiger partial charge in [-0.1, -0.05) is 0 Å². The Morgan fingerprint density at radius 2 is 1.17 bits per heavy atom. The number of rotatable bonds is 0. The van der Waals surface area contributed by atoms with Crippen molar-refractivity contribution in [3.8, 4) is 0 Å². The molecule has 0 aliphatic rings. The fourth-order valence-corrected chi connectivity index (χ4v) is 0. The van der Waals surface area contributed by atoms with Crippen molar-refractivity contribution in [2.75, 3.05) is 0 Å². The van der Waals surface area contributed by atoms with Crippen molar-refractivity contribution in [3.63, 3.8) is 0 Å². The van der Waals surface area contributed by atoms with Crippen LogP contribution in [0.1, 0.15) is 0 Å². The number of quaternary nitrogens is 1. The first-order chi connectivity index (χ1) is 2.73. The maximum atomic E-state index is 9.86. The second-order valence-corrected chi connectivity index (χ2v) is 1.44. The van der Waals surface area contributed by atoms with Gasteiger partial charge in [-0.2, -0.15) is 5.84 Å². The van der Waals surface area contributed by atoms with E-state index in [2.05, 4.69) is 11.7 Å². The molecule has 0 bridgehead atoms. The second kappa shape index (κ2) is 9.10. The van der Waals surface area contributed by atoms with Crippen LogP contribution in [0, 0.1) is 0 Å². The molecule has 0 aromatic rings. The first-order valence-corrected chi connectivity index (χ1v) is 4.21. The number of halogens is 3. The normalized spacial score (nSPS) is 7.00. The van der Waals surface area contributed by atoms with E-state index in [9.17, 15) is 8.60 Å². The van der Waals surface area contributed by atoms with E-state index in [0.717, 1.165) is 0 Å². The zero-order valence-electron chi connectivity index (χ0n) is 2.92. The summed E-state index contributed by atoms with van der Waals surface area (Å²) in [4.78, 5) is 0. The van der Waals surface area contributed by atoms with Gasteiger partial charge in [-0.15, -0.1) is 0 Å². The molecule has 0 aliphatic heterocycles. The van der Waals surface area contributed by atoms with Crippen LogP contribution in [0.4, 0.5) is 8.60 Å². The van der Waals surface area contributed by atoms with Gasteiger partial charge in [0.05, 0.1) is 0 Å². The van der Waals surface area contributed by atoms with Crippen molar-refractivity contribution >= 4 is 21.5 Å². The fourth-order valence-electron chi connectivity index (χ4n) is 0. The van der Waals surface area contributed by atoms with Gasteiger partial charge in [-0.05, 0) is 0 Å². The standard InChI is InChI=1S/3FH.H4N2.Sn/c;;;1-2;/h3*1H;1-2H2;/q;;;;+2/p-2. The third-order valence-electron chi connectivity index (χ3n) is 0. The van der Waals surface area contributed by atoms with Crippen LogP contribution >= 0.6 is 0 Å². The Balaban J connectivity index is 0. The third-order valence-corrected chi connectivity index (χ3v) is 0. The summed E-state index contributed by atoms with van der Waals surface area (Å²) in [5, 5.41) is 0. The summed E-state index contributed by atoms with van der Waals surface area (Å²) in [7, 11) is 0. The van der Waals surface area contributed by atoms with Gasteiger partial charge in [0.1, 0.15) is 0 Å². The molecule has 6 heteroatoms. The second-order valence-electron chi connectivity index (χ2n) is 0.214. The van der Waals surface area contributed by atoms with Gasteiger partial charge in [0.2, 0.25) is 0 Å². The molecule has 0 aromatic carbocycles. The first kappa shape index (κ1) is 9.72. The van der Waals surface area contributed by atoms with Crippen LogP contribution < -0.4 is 11.7 Å². The molecular weight excluding hydrogens is 204 g/mol. The van der Waals surface area contributed by atoms with E-state index in [1.165, 1.54) is 0 Å². The van der Waals surface area contributed by atoms with Gasteiger partial charge in [0.25, 0.3) is 0 Å². The molecule has 5 N–H and O–H groups in total. The molecule has 0 fully saturated rings. The Kier molecular flexibility index (Phi) is 14.7. The molecular formula is H5F3N2Sn. The van der Waals surface area contributed by atoms with Crippen LogP contribution in [0.5, 0.6) is 0 Å². The maximum absolute atomic E-state index is 9.86. The Bertz CT molecular complexity index is 13.5. The monoisotopic (exact) mass is 210 g/mol. The van der Waals surface area contributed by atoms with E-state index >= 15 is 0 Å². The molecule has 0 aromatic heterocycles. The van der Waals surface area contributed by atoms with Crippen molar-refractivity contribution in [1.82, 2.24) is 0 Å². The summed E-state index contributed by atoms with van der Waals surface area (Å²) < 4.78 is 29.6. The molecule has 0 heterocycles. The summed E-state index contributed by atoms with van der Waals surface area (Å²) in [5.74, 6) is 7.00. The van der Waals surface area contributed by atoms with Crippen molar-refractivity contribution in [3.05, 3.63) is 0 Å². The molecule has 0 radical (unpaired) electrons.